The van der Waals surface area contributed by atoms with Gasteiger partial charge in [0.1, 0.15) is 0 Å². The van der Waals surface area contributed by atoms with Crippen molar-refractivity contribution in [1.29, 1.82) is 0 Å². The van der Waals surface area contributed by atoms with E-state index in [2.05, 4.69) is 203 Å². The van der Waals surface area contributed by atoms with Crippen molar-refractivity contribution in [2.24, 2.45) is 0 Å². The van der Waals surface area contributed by atoms with Crippen LogP contribution < -0.4 is 0 Å². The molecule has 0 amide bonds. The summed E-state index contributed by atoms with van der Waals surface area (Å²) in [5, 5.41) is 8.44. The number of fused-ring (bicyclic) bond motifs is 10. The van der Waals surface area contributed by atoms with Gasteiger partial charge in [0, 0.05) is 54.8 Å². The smallest absolute Gasteiger partial charge is 0.160 e. The molecule has 0 saturated carbocycles. The molecule has 0 atom stereocenters. The molecule has 3 heterocycles. The molecule has 0 spiro atoms. The Morgan fingerprint density at radius 3 is 1.72 bits per heavy atom. The van der Waals surface area contributed by atoms with Crippen LogP contribution in [0, 0.1) is 0 Å². The standard InChI is InChI=1S/C54H34N4/c1-3-15-35(16-4-1)38-20-13-23-41(33-38)58-49-32-31-48-50(51(49)45-30-29-36-17-7-8-24-42(36)53(45)58)44-26-10-12-28-47(44)57(48)40-22-14-21-39(34-40)54-55-46-27-11-9-25-43(46)52(56-54)37-18-5-2-6-19-37/h1-34H. The summed E-state index contributed by atoms with van der Waals surface area (Å²) < 4.78 is 4.89. The van der Waals surface area contributed by atoms with Crippen LogP contribution in [-0.4, -0.2) is 19.1 Å². The van der Waals surface area contributed by atoms with Gasteiger partial charge in [-0.05, 0) is 65.0 Å². The Labute approximate surface area is 334 Å². The number of benzene rings is 9. The zero-order valence-corrected chi connectivity index (χ0v) is 31.4. The summed E-state index contributed by atoms with van der Waals surface area (Å²) in [6.07, 6.45) is 0. The monoisotopic (exact) mass is 738 g/mol. The van der Waals surface area contributed by atoms with Gasteiger partial charge in [-0.15, -0.1) is 0 Å². The summed E-state index contributed by atoms with van der Waals surface area (Å²) in [6, 6.07) is 73.8. The Kier molecular flexibility index (Phi) is 7.20. The highest BCUT2D eigenvalue weighted by molar-refractivity contribution is 6.31. The number of aromatic nitrogens is 4. The Bertz CT molecular complexity index is 3560. The third-order valence-electron chi connectivity index (χ3n) is 11.7. The lowest BCUT2D eigenvalue weighted by atomic mass is 10.0. The Morgan fingerprint density at radius 2 is 0.914 bits per heavy atom. The van der Waals surface area contributed by atoms with Crippen molar-refractivity contribution >= 4 is 65.3 Å². The van der Waals surface area contributed by atoms with Crippen molar-refractivity contribution in [3.05, 3.63) is 206 Å². The van der Waals surface area contributed by atoms with Crippen LogP contribution in [0.3, 0.4) is 0 Å². The van der Waals surface area contributed by atoms with Gasteiger partial charge in [0.2, 0.25) is 0 Å². The molecule has 12 rings (SSSR count). The minimum absolute atomic E-state index is 0.704. The van der Waals surface area contributed by atoms with Crippen molar-refractivity contribution < 1.29 is 0 Å². The van der Waals surface area contributed by atoms with E-state index in [1.54, 1.807) is 0 Å². The summed E-state index contributed by atoms with van der Waals surface area (Å²) in [6.45, 7) is 0. The summed E-state index contributed by atoms with van der Waals surface area (Å²) in [5.74, 6) is 0.704. The first-order valence-electron chi connectivity index (χ1n) is 19.8. The van der Waals surface area contributed by atoms with Crippen LogP contribution in [0.25, 0.3) is 110 Å². The second-order valence-corrected chi connectivity index (χ2v) is 15.0. The van der Waals surface area contributed by atoms with Crippen molar-refractivity contribution in [3.8, 4) is 45.1 Å². The van der Waals surface area contributed by atoms with Crippen LogP contribution >= 0.6 is 0 Å². The second-order valence-electron chi connectivity index (χ2n) is 15.0. The molecule has 0 fully saturated rings. The van der Waals surface area contributed by atoms with Gasteiger partial charge in [-0.1, -0.05) is 158 Å². The van der Waals surface area contributed by atoms with Crippen molar-refractivity contribution in [2.75, 3.05) is 0 Å². The highest BCUT2D eigenvalue weighted by Gasteiger charge is 2.22. The van der Waals surface area contributed by atoms with Crippen molar-refractivity contribution in [3.63, 3.8) is 0 Å². The lowest BCUT2D eigenvalue weighted by molar-refractivity contribution is 1.17. The Balaban J connectivity index is 1.12. The predicted octanol–water partition coefficient (Wildman–Crippen LogP) is 14.0. The lowest BCUT2D eigenvalue weighted by Gasteiger charge is -2.13. The van der Waals surface area contributed by atoms with Crippen molar-refractivity contribution in [2.45, 2.75) is 0 Å². The molecule has 3 aromatic heterocycles. The van der Waals surface area contributed by atoms with Gasteiger partial charge in [0.15, 0.2) is 5.82 Å². The number of rotatable bonds is 5. The van der Waals surface area contributed by atoms with Crippen molar-refractivity contribution in [1.82, 2.24) is 19.1 Å². The maximum absolute atomic E-state index is 5.22. The van der Waals surface area contributed by atoms with E-state index in [0.717, 1.165) is 50.1 Å². The van der Waals surface area contributed by atoms with Crippen LogP contribution in [0.15, 0.2) is 206 Å². The average Bonchev–Trinajstić information content (AvgIpc) is 3.82. The van der Waals surface area contributed by atoms with Gasteiger partial charge in [0.05, 0.1) is 33.3 Å². The Hall–Kier alpha value is -7.82. The molecule has 58 heavy (non-hydrogen) atoms. The van der Waals surface area contributed by atoms with Gasteiger partial charge in [-0.3, -0.25) is 0 Å². The molecule has 0 aliphatic heterocycles. The maximum atomic E-state index is 5.22. The molecule has 0 saturated heterocycles. The van der Waals surface area contributed by atoms with Crippen LogP contribution in [0.2, 0.25) is 0 Å². The molecule has 4 heteroatoms. The molecule has 0 radical (unpaired) electrons. The first kappa shape index (κ1) is 32.4. The highest BCUT2D eigenvalue weighted by Crippen LogP contribution is 2.44. The third-order valence-corrected chi connectivity index (χ3v) is 11.7. The van der Waals surface area contributed by atoms with Crippen LogP contribution in [0.5, 0.6) is 0 Å². The van der Waals surface area contributed by atoms with Crippen LogP contribution in [-0.2, 0) is 0 Å². The van der Waals surface area contributed by atoms with E-state index in [1.807, 2.05) is 12.1 Å². The van der Waals surface area contributed by atoms with E-state index in [1.165, 1.54) is 54.5 Å². The van der Waals surface area contributed by atoms with E-state index in [9.17, 15) is 0 Å². The minimum Gasteiger partial charge on any atom is -0.309 e. The summed E-state index contributed by atoms with van der Waals surface area (Å²) in [7, 11) is 0. The van der Waals surface area contributed by atoms with Gasteiger partial charge >= 0.3 is 0 Å². The van der Waals surface area contributed by atoms with Gasteiger partial charge in [0.25, 0.3) is 0 Å². The molecule has 4 nitrogen and oxygen atoms in total. The first-order valence-corrected chi connectivity index (χ1v) is 19.8. The van der Waals surface area contributed by atoms with E-state index in [0.29, 0.717) is 5.82 Å². The molecule has 12 aromatic rings. The van der Waals surface area contributed by atoms with Crippen LogP contribution in [0.1, 0.15) is 0 Å². The van der Waals surface area contributed by atoms with E-state index >= 15 is 0 Å². The first-order chi connectivity index (χ1) is 28.8. The molecule has 0 unspecified atom stereocenters. The van der Waals surface area contributed by atoms with Gasteiger partial charge < -0.3 is 9.13 Å². The fraction of sp³-hybridized carbons (Fsp3) is 0. The minimum atomic E-state index is 0.704. The topological polar surface area (TPSA) is 35.6 Å². The zero-order valence-electron chi connectivity index (χ0n) is 31.4. The molecule has 270 valence electrons. The average molecular weight is 739 g/mol. The molecule has 0 aliphatic rings. The zero-order chi connectivity index (χ0) is 38.2. The largest absolute Gasteiger partial charge is 0.309 e. The molecule has 0 aliphatic carbocycles. The third kappa shape index (κ3) is 4.95. The number of hydrogen-bond acceptors (Lipinski definition) is 2. The van der Waals surface area contributed by atoms with Crippen LogP contribution in [0.4, 0.5) is 0 Å². The van der Waals surface area contributed by atoms with Gasteiger partial charge in [-0.2, -0.15) is 0 Å². The van der Waals surface area contributed by atoms with Gasteiger partial charge in [-0.25, -0.2) is 9.97 Å². The molecular weight excluding hydrogens is 705 g/mol. The second kappa shape index (κ2) is 12.9. The molecular formula is C54H34N4. The SMILES string of the molecule is c1ccc(-c2cccc(-n3c4ccc5c(c6ccccc6n5-c5cccc(-c6nc(-c7ccccc7)c7ccccc7n6)c5)c4c4ccc5ccccc5c43)c2)cc1. The summed E-state index contributed by atoms with van der Waals surface area (Å²) in [4.78, 5) is 10.3. The van der Waals surface area contributed by atoms with E-state index in [4.69, 9.17) is 9.97 Å². The number of nitrogens with zero attached hydrogens (tertiary/aromatic N) is 4. The quantitative estimate of drug-likeness (QED) is 0.176. The predicted molar refractivity (Wildman–Crippen MR) is 242 cm³/mol. The molecule has 0 N–H and O–H groups in total. The number of hydrogen-bond donors (Lipinski definition) is 0. The molecule has 9 aromatic carbocycles. The molecule has 0 bridgehead atoms. The normalized spacial score (nSPS) is 11.8. The van der Waals surface area contributed by atoms with E-state index in [-0.39, 0.29) is 0 Å². The fourth-order valence-corrected chi connectivity index (χ4v) is 9.13. The fourth-order valence-electron chi connectivity index (χ4n) is 9.13. The number of para-hydroxylation sites is 2. The maximum Gasteiger partial charge on any atom is 0.160 e. The summed E-state index contributed by atoms with van der Waals surface area (Å²) in [5.41, 5.74) is 13.2. The Morgan fingerprint density at radius 1 is 0.328 bits per heavy atom. The highest BCUT2D eigenvalue weighted by atomic mass is 15.0. The van der Waals surface area contributed by atoms with E-state index < -0.39 is 0 Å². The lowest BCUT2D eigenvalue weighted by Crippen LogP contribution is -1.98. The summed E-state index contributed by atoms with van der Waals surface area (Å²) >= 11 is 0.